The Morgan fingerprint density at radius 1 is 1.00 bits per heavy atom. The molecule has 0 spiro atoms. The lowest BCUT2D eigenvalue weighted by Crippen LogP contribution is -1.98. The highest BCUT2D eigenvalue weighted by atomic mass is 128. The van der Waals surface area contributed by atoms with Crippen molar-refractivity contribution in [1.82, 2.24) is 29.3 Å². The quantitative estimate of drug-likeness (QED) is 0.125. The van der Waals surface area contributed by atoms with E-state index < -0.39 is 0 Å². The molecule has 0 saturated carbocycles. The summed E-state index contributed by atoms with van der Waals surface area (Å²) in [5.74, 6) is 0.355. The van der Waals surface area contributed by atoms with Crippen molar-refractivity contribution in [1.29, 1.82) is 0 Å². The molecular formula is C30H29I2N7O2S. The number of hydrogen-bond donors (Lipinski definition) is 0. The molecule has 2 aromatic carbocycles. The summed E-state index contributed by atoms with van der Waals surface area (Å²) in [5.41, 5.74) is 3.97. The number of aromatic nitrogens is 6. The molecule has 0 atom stereocenters. The maximum absolute atomic E-state index is 11.7. The Morgan fingerprint density at radius 3 is 2.31 bits per heavy atom. The molecule has 0 fully saturated rings. The van der Waals surface area contributed by atoms with Crippen molar-refractivity contribution in [2.45, 2.75) is 19.9 Å². The molecule has 0 aliphatic rings. The third-order valence-corrected chi connectivity index (χ3v) is 6.84. The van der Waals surface area contributed by atoms with Gasteiger partial charge in [0.05, 0.1) is 18.2 Å². The number of imidazole rings is 1. The van der Waals surface area contributed by atoms with Gasteiger partial charge in [-0.3, -0.25) is 9.48 Å². The smallest absolute Gasteiger partial charge is 0.288 e. The van der Waals surface area contributed by atoms with Crippen LogP contribution in [0.3, 0.4) is 0 Å². The van der Waals surface area contributed by atoms with Crippen LogP contribution in [-0.4, -0.2) is 41.9 Å². The van der Waals surface area contributed by atoms with Crippen LogP contribution in [0, 0.1) is 6.92 Å². The van der Waals surface area contributed by atoms with Gasteiger partial charge in [0.2, 0.25) is 5.89 Å². The largest absolute Gasteiger partial charge is 0.445 e. The molecule has 6 aromatic rings. The minimum Gasteiger partial charge on any atom is -0.445 e. The molecule has 12 heteroatoms. The topological polar surface area (TPSA) is 104 Å². The molecule has 0 saturated heterocycles. The second kappa shape index (κ2) is 18.1. The number of aryl methyl sites for hydroxylation is 4. The lowest BCUT2D eigenvalue weighted by atomic mass is 10.1. The number of amides is 1. The van der Waals surface area contributed by atoms with Crippen LogP contribution < -0.4 is 0 Å². The first-order valence-corrected chi connectivity index (χ1v) is 19.7. The number of thiazole rings is 1. The lowest BCUT2D eigenvalue weighted by Gasteiger charge is -2.03. The van der Waals surface area contributed by atoms with Crippen LogP contribution in [0.1, 0.15) is 20.9 Å². The van der Waals surface area contributed by atoms with E-state index in [0.717, 1.165) is 29.1 Å². The van der Waals surface area contributed by atoms with Gasteiger partial charge in [0.25, 0.3) is 5.91 Å². The van der Waals surface area contributed by atoms with Crippen molar-refractivity contribution in [2.24, 2.45) is 12.0 Å². The Kier molecular flexibility index (Phi) is 14.2. The molecule has 4 aromatic heterocycles. The average molecular weight is 805 g/mol. The fourth-order valence-corrected chi connectivity index (χ4v) is 4.55. The van der Waals surface area contributed by atoms with E-state index in [4.69, 9.17) is 4.42 Å². The summed E-state index contributed by atoms with van der Waals surface area (Å²) < 4.78 is 8.91. The molecule has 0 aliphatic heterocycles. The predicted octanol–water partition coefficient (Wildman–Crippen LogP) is 7.93. The van der Waals surface area contributed by atoms with Crippen molar-refractivity contribution in [3.63, 3.8) is 0 Å². The molecule has 1 amide bonds. The van der Waals surface area contributed by atoms with E-state index in [-0.39, 0.29) is 5.91 Å². The standard InChI is InChI=1S/C17H16N4OS.C9H7NO.C4H6N2.I2/c1-12-15(16(22)18-2)23-17(20-12)14-5-3-13(4-6-14)7-9-21-10-8-19-11-21;1-2-4-8(5-3-1)9-10-6-7-11-9;1-6-4-2-3-5-6;1-2/h3-6,8,10-11H,2,7,9H2,1H3;1-7H;2-4H,1H3;. The van der Waals surface area contributed by atoms with Crippen LogP contribution in [0.4, 0.5) is 0 Å². The summed E-state index contributed by atoms with van der Waals surface area (Å²) >= 11 is 5.60. The first-order valence-electron chi connectivity index (χ1n) is 12.6. The van der Waals surface area contributed by atoms with E-state index in [2.05, 4.69) is 85.7 Å². The zero-order valence-electron chi connectivity index (χ0n) is 23.0. The van der Waals surface area contributed by atoms with Crippen molar-refractivity contribution in [2.75, 3.05) is 0 Å². The molecule has 0 unspecified atom stereocenters. The van der Waals surface area contributed by atoms with Gasteiger partial charge in [0, 0.05) is 86.7 Å². The van der Waals surface area contributed by atoms with E-state index in [1.165, 1.54) is 16.9 Å². The molecule has 0 radical (unpaired) electrons. The number of benzene rings is 2. The van der Waals surface area contributed by atoms with Crippen LogP contribution in [0.15, 0.2) is 114 Å². The third kappa shape index (κ3) is 10.4. The zero-order valence-corrected chi connectivity index (χ0v) is 28.2. The predicted molar refractivity (Wildman–Crippen MR) is 185 cm³/mol. The van der Waals surface area contributed by atoms with Gasteiger partial charge in [0.15, 0.2) is 0 Å². The first kappa shape index (κ1) is 33.0. The van der Waals surface area contributed by atoms with Crippen molar-refractivity contribution < 1.29 is 9.21 Å². The van der Waals surface area contributed by atoms with Gasteiger partial charge in [-0.05, 0) is 43.8 Å². The summed E-state index contributed by atoms with van der Waals surface area (Å²) in [6, 6.07) is 20.0. The Morgan fingerprint density at radius 2 is 1.76 bits per heavy atom. The SMILES string of the molecule is C=NC(=O)c1sc(-c2ccc(CCn3ccnc3)cc2)nc1C.Cn1cccn1.II.c1ccc(-c2ncco2)cc1. The van der Waals surface area contributed by atoms with Gasteiger partial charge < -0.3 is 8.98 Å². The van der Waals surface area contributed by atoms with Crippen molar-refractivity contribution >= 4 is 61.2 Å². The Hall–Kier alpha value is -3.50. The number of carbonyl (C=O) groups is 1. The summed E-state index contributed by atoms with van der Waals surface area (Å²) in [4.78, 5) is 28.2. The van der Waals surface area contributed by atoms with E-state index in [9.17, 15) is 4.79 Å². The highest BCUT2D eigenvalue weighted by Crippen LogP contribution is 2.28. The second-order valence-electron chi connectivity index (χ2n) is 8.53. The minimum absolute atomic E-state index is 0.316. The maximum Gasteiger partial charge on any atom is 0.288 e. The minimum atomic E-state index is -0.316. The highest BCUT2D eigenvalue weighted by molar-refractivity contribution is 15.0. The van der Waals surface area contributed by atoms with Crippen LogP contribution in [-0.2, 0) is 20.0 Å². The van der Waals surface area contributed by atoms with E-state index in [1.54, 1.807) is 29.5 Å². The fourth-order valence-electron chi connectivity index (χ4n) is 3.57. The summed E-state index contributed by atoms with van der Waals surface area (Å²) in [6.45, 7) is 6.01. The molecule has 9 nitrogen and oxygen atoms in total. The van der Waals surface area contributed by atoms with E-state index in [1.807, 2.05) is 81.2 Å². The summed E-state index contributed by atoms with van der Waals surface area (Å²) in [5, 5.41) is 4.66. The molecule has 216 valence electrons. The molecule has 6 rings (SSSR count). The van der Waals surface area contributed by atoms with E-state index >= 15 is 0 Å². The summed E-state index contributed by atoms with van der Waals surface area (Å²) in [6.07, 6.45) is 13.4. The van der Waals surface area contributed by atoms with Crippen molar-refractivity contribution in [3.8, 4) is 22.0 Å². The van der Waals surface area contributed by atoms with Crippen LogP contribution in [0.25, 0.3) is 22.0 Å². The Labute approximate surface area is 272 Å². The fraction of sp³-hybridized carbons (Fsp3) is 0.133. The molecular weight excluding hydrogens is 776 g/mol. The maximum atomic E-state index is 11.7. The first-order chi connectivity index (χ1) is 20.5. The van der Waals surface area contributed by atoms with Gasteiger partial charge in [-0.15, -0.1) is 11.3 Å². The number of aliphatic imine (C=N–C) groups is 1. The molecule has 0 aliphatic carbocycles. The van der Waals surface area contributed by atoms with Crippen LogP contribution in [0.5, 0.6) is 0 Å². The van der Waals surface area contributed by atoms with Crippen molar-refractivity contribution in [3.05, 3.63) is 120 Å². The average Bonchev–Trinajstić information content (AvgIpc) is 3.87. The number of rotatable bonds is 6. The normalized spacial score (nSPS) is 9.81. The third-order valence-electron chi connectivity index (χ3n) is 5.64. The van der Waals surface area contributed by atoms with Gasteiger partial charge in [-0.1, -0.05) is 42.5 Å². The number of oxazole rings is 1. The van der Waals surface area contributed by atoms with Gasteiger partial charge in [-0.25, -0.2) is 19.9 Å². The Bertz CT molecular complexity index is 1590. The van der Waals surface area contributed by atoms with Crippen LogP contribution in [0.2, 0.25) is 0 Å². The number of hydrogen-bond acceptors (Lipinski definition) is 7. The Balaban J connectivity index is 0.000000208. The lowest BCUT2D eigenvalue weighted by molar-refractivity contribution is 0.101. The number of halogens is 2. The zero-order chi connectivity index (χ0) is 30.2. The van der Waals surface area contributed by atoms with Gasteiger partial charge >= 0.3 is 0 Å². The molecule has 4 heterocycles. The number of carbonyl (C=O) groups excluding carboxylic acids is 1. The molecule has 0 bridgehead atoms. The van der Waals surface area contributed by atoms with Gasteiger partial charge in [-0.2, -0.15) is 5.10 Å². The van der Waals surface area contributed by atoms with E-state index in [0.29, 0.717) is 16.5 Å². The van der Waals surface area contributed by atoms with Gasteiger partial charge in [0.1, 0.15) is 16.1 Å². The molecule has 42 heavy (non-hydrogen) atoms. The summed E-state index contributed by atoms with van der Waals surface area (Å²) in [7, 11) is 1.89. The van der Waals surface area contributed by atoms with Crippen LogP contribution >= 0.6 is 48.6 Å². The second-order valence-corrected chi connectivity index (χ2v) is 9.53. The molecule has 0 N–H and O–H groups in total. The highest BCUT2D eigenvalue weighted by Gasteiger charge is 2.14. The monoisotopic (exact) mass is 805 g/mol. The number of nitrogens with zero attached hydrogens (tertiary/aromatic N) is 7.